The summed E-state index contributed by atoms with van der Waals surface area (Å²) in [6.07, 6.45) is -8.41. The Morgan fingerprint density at radius 3 is 1.96 bits per heavy atom. The van der Waals surface area contributed by atoms with Gasteiger partial charge in [-0.25, -0.2) is 5.11 Å². The molecule has 0 saturated carbocycles. The monoisotopic (exact) mass is 349 g/mol. The van der Waals surface area contributed by atoms with E-state index in [1.807, 2.05) is 0 Å². The van der Waals surface area contributed by atoms with E-state index in [1.165, 1.54) is 30.3 Å². The lowest BCUT2D eigenvalue weighted by Gasteiger charge is -2.30. The predicted octanol–water partition coefficient (Wildman–Crippen LogP) is 5.48. The van der Waals surface area contributed by atoms with Gasteiger partial charge in [0.2, 0.25) is 0 Å². The van der Waals surface area contributed by atoms with Crippen molar-refractivity contribution in [1.82, 2.24) is 0 Å². The minimum Gasteiger partial charge on any atom is -0.223 e. The minimum absolute atomic E-state index is 0.0549. The molecule has 3 rings (SSSR count). The van der Waals surface area contributed by atoms with Crippen LogP contribution in [-0.2, 0) is 11.0 Å². The van der Waals surface area contributed by atoms with Crippen LogP contribution < -0.4 is 0 Å². The molecule has 2 aromatic rings. The lowest BCUT2D eigenvalue weighted by molar-refractivity contribution is -0.359. The summed E-state index contributed by atoms with van der Waals surface area (Å²) in [4.78, 5) is 0. The van der Waals surface area contributed by atoms with Crippen LogP contribution in [0.1, 0.15) is 22.8 Å². The zero-order chi connectivity index (χ0) is 17.9. The molecule has 1 unspecified atom stereocenters. The summed E-state index contributed by atoms with van der Waals surface area (Å²) in [5.41, 5.74) is -2.08. The number of hydrogen-bond donors (Lipinski definition) is 0. The summed E-state index contributed by atoms with van der Waals surface area (Å²) >= 11 is 0. The van der Waals surface area contributed by atoms with Gasteiger partial charge in [-0.05, 0) is 16.7 Å². The first-order valence-electron chi connectivity index (χ1n) is 6.71. The molecule has 0 fully saturated rings. The zero-order valence-corrected chi connectivity index (χ0v) is 11.7. The van der Waals surface area contributed by atoms with E-state index in [4.69, 9.17) is 0 Å². The molecular weight excluding hydrogens is 341 g/mol. The summed E-state index contributed by atoms with van der Waals surface area (Å²) in [5, 5.41) is 12.4. The second kappa shape index (κ2) is 4.95. The fourth-order valence-electron chi connectivity index (χ4n) is 2.83. The molecule has 0 amide bonds. The highest BCUT2D eigenvalue weighted by Crippen LogP contribution is 2.56. The largest absolute Gasteiger partial charge is 0.460 e. The van der Waals surface area contributed by atoms with Crippen molar-refractivity contribution in [3.8, 4) is 11.1 Å². The normalized spacial score (nSPS) is 17.6. The molecule has 0 heterocycles. The molecule has 0 saturated heterocycles. The van der Waals surface area contributed by atoms with Crippen LogP contribution in [0.5, 0.6) is 0 Å². The van der Waals surface area contributed by atoms with Crippen LogP contribution in [0.3, 0.4) is 0 Å². The molecule has 0 aliphatic heterocycles. The van der Waals surface area contributed by atoms with Gasteiger partial charge >= 0.3 is 18.0 Å². The van der Waals surface area contributed by atoms with Crippen LogP contribution >= 0.6 is 0 Å². The summed E-state index contributed by atoms with van der Waals surface area (Å²) in [7, 11) is 0. The smallest absolute Gasteiger partial charge is 0.223 e. The molecule has 1 atom stereocenters. The number of benzene rings is 2. The third kappa shape index (κ3) is 2.05. The van der Waals surface area contributed by atoms with Gasteiger partial charge in [0.15, 0.2) is 0 Å². The van der Waals surface area contributed by atoms with Crippen molar-refractivity contribution in [2.45, 2.75) is 24.1 Å². The molecule has 0 N–H and O–H groups in total. The summed E-state index contributed by atoms with van der Waals surface area (Å²) < 4.78 is 92.1. The molecule has 1 radical (unpaired) electrons. The van der Waals surface area contributed by atoms with E-state index < -0.39 is 35.3 Å². The standard InChI is InChI=1S/C16H8F7O/c17-14(18,15(19,20)16(21,22)23)11-7-3-6-9-8-4-1-2-5-10(8)13(24)12(9)11/h1-7,13H. The van der Waals surface area contributed by atoms with Gasteiger partial charge in [-0.15, -0.1) is 0 Å². The number of halogens is 7. The Balaban J connectivity index is 2.24. The fourth-order valence-corrected chi connectivity index (χ4v) is 2.83. The Kier molecular flexibility index (Phi) is 3.46. The van der Waals surface area contributed by atoms with Gasteiger partial charge in [0.05, 0.1) is 0 Å². The Bertz CT molecular complexity index is 795. The van der Waals surface area contributed by atoms with Crippen molar-refractivity contribution < 1.29 is 35.8 Å². The average Bonchev–Trinajstić information content (AvgIpc) is 2.80. The number of alkyl halides is 7. The third-order valence-corrected chi connectivity index (χ3v) is 3.99. The van der Waals surface area contributed by atoms with E-state index in [9.17, 15) is 35.8 Å². The first kappa shape index (κ1) is 16.8. The van der Waals surface area contributed by atoms with Gasteiger partial charge in [-0.1, -0.05) is 42.5 Å². The average molecular weight is 349 g/mol. The lowest BCUT2D eigenvalue weighted by atomic mass is 9.92. The fraction of sp³-hybridized carbons (Fsp3) is 0.250. The van der Waals surface area contributed by atoms with Crippen molar-refractivity contribution in [3.05, 3.63) is 59.2 Å². The maximum absolute atomic E-state index is 14.1. The van der Waals surface area contributed by atoms with E-state index in [0.29, 0.717) is 6.07 Å². The van der Waals surface area contributed by atoms with Gasteiger partial charge in [0.1, 0.15) is 6.10 Å². The highest BCUT2D eigenvalue weighted by molar-refractivity contribution is 5.79. The highest BCUT2D eigenvalue weighted by Gasteiger charge is 2.74. The van der Waals surface area contributed by atoms with Crippen molar-refractivity contribution in [3.63, 3.8) is 0 Å². The highest BCUT2D eigenvalue weighted by atomic mass is 19.4. The molecule has 2 aromatic carbocycles. The maximum Gasteiger partial charge on any atom is 0.460 e. The van der Waals surface area contributed by atoms with E-state index >= 15 is 0 Å². The molecule has 1 nitrogen and oxygen atoms in total. The molecule has 1 aliphatic rings. The Hall–Kier alpha value is -2.09. The maximum atomic E-state index is 14.1. The topological polar surface area (TPSA) is 19.9 Å². The van der Waals surface area contributed by atoms with Crippen LogP contribution in [0.25, 0.3) is 11.1 Å². The molecular formula is C16H8F7O. The van der Waals surface area contributed by atoms with Gasteiger partial charge < -0.3 is 0 Å². The van der Waals surface area contributed by atoms with Crippen molar-refractivity contribution in [2.75, 3.05) is 0 Å². The molecule has 0 aromatic heterocycles. The Morgan fingerprint density at radius 2 is 1.33 bits per heavy atom. The molecule has 8 heteroatoms. The minimum atomic E-state index is -6.46. The van der Waals surface area contributed by atoms with E-state index in [-0.39, 0.29) is 16.7 Å². The van der Waals surface area contributed by atoms with Crippen LogP contribution in [0.15, 0.2) is 42.5 Å². The van der Waals surface area contributed by atoms with Crippen LogP contribution in [-0.4, -0.2) is 12.1 Å². The van der Waals surface area contributed by atoms with Gasteiger partial charge in [0, 0.05) is 11.1 Å². The quantitative estimate of drug-likeness (QED) is 0.640. The molecule has 0 spiro atoms. The van der Waals surface area contributed by atoms with Gasteiger partial charge in [0.25, 0.3) is 0 Å². The van der Waals surface area contributed by atoms with Crippen molar-refractivity contribution in [2.24, 2.45) is 0 Å². The van der Waals surface area contributed by atoms with Gasteiger partial charge in [-0.2, -0.15) is 30.7 Å². The third-order valence-electron chi connectivity index (χ3n) is 3.99. The summed E-state index contributed by atoms with van der Waals surface area (Å²) in [6.45, 7) is 0. The predicted molar refractivity (Wildman–Crippen MR) is 69.3 cm³/mol. The van der Waals surface area contributed by atoms with E-state index in [0.717, 1.165) is 6.07 Å². The summed E-state index contributed by atoms with van der Waals surface area (Å²) in [6, 6.07) is 8.34. The SMILES string of the molecule is [O]C1c2ccccc2-c2cccc(C(F)(F)C(F)(F)C(F)(F)F)c21. The first-order chi connectivity index (χ1) is 11.0. The molecule has 127 valence electrons. The second-order valence-electron chi connectivity index (χ2n) is 5.38. The number of rotatable bonds is 2. The Labute approximate surface area is 131 Å². The van der Waals surface area contributed by atoms with Crippen molar-refractivity contribution >= 4 is 0 Å². The lowest BCUT2D eigenvalue weighted by Crippen LogP contribution is -2.50. The number of fused-ring (bicyclic) bond motifs is 3. The van der Waals surface area contributed by atoms with E-state index in [1.54, 1.807) is 0 Å². The van der Waals surface area contributed by atoms with Gasteiger partial charge in [-0.3, -0.25) is 0 Å². The first-order valence-corrected chi connectivity index (χ1v) is 6.71. The summed E-state index contributed by atoms with van der Waals surface area (Å²) in [5.74, 6) is -11.9. The van der Waals surface area contributed by atoms with Crippen LogP contribution in [0.4, 0.5) is 30.7 Å². The zero-order valence-electron chi connectivity index (χ0n) is 11.7. The van der Waals surface area contributed by atoms with E-state index in [2.05, 4.69) is 0 Å². The molecule has 0 bridgehead atoms. The van der Waals surface area contributed by atoms with Crippen molar-refractivity contribution in [1.29, 1.82) is 0 Å². The van der Waals surface area contributed by atoms with Crippen LogP contribution in [0.2, 0.25) is 0 Å². The Morgan fingerprint density at radius 1 is 0.750 bits per heavy atom. The van der Waals surface area contributed by atoms with Crippen LogP contribution in [0, 0.1) is 0 Å². The molecule has 24 heavy (non-hydrogen) atoms. The molecule has 1 aliphatic carbocycles. The number of hydrogen-bond acceptors (Lipinski definition) is 0. The second-order valence-corrected chi connectivity index (χ2v) is 5.38.